The van der Waals surface area contributed by atoms with Gasteiger partial charge in [0.25, 0.3) is 5.56 Å². The van der Waals surface area contributed by atoms with E-state index in [0.717, 1.165) is 48.4 Å². The number of nitrogens with zero attached hydrogens (tertiary/aromatic N) is 6. The van der Waals surface area contributed by atoms with Crippen LogP contribution in [0.25, 0.3) is 11.0 Å². The molecule has 1 aliphatic heterocycles. The predicted octanol–water partition coefficient (Wildman–Crippen LogP) is 5.28. The third-order valence-electron chi connectivity index (χ3n) is 8.50. The van der Waals surface area contributed by atoms with Crippen LogP contribution in [0.15, 0.2) is 57.8 Å². The highest BCUT2D eigenvalue weighted by atomic mass is 19.1. The Kier molecular flexibility index (Phi) is 6.88. The highest BCUT2D eigenvalue weighted by molar-refractivity contribution is 5.89. The molecule has 0 radical (unpaired) electrons. The SMILES string of the molecule is CC[C@H]1CN(C(c2ccc(F)cc2)c2cc(C3CC3)on2)[C@H](CC)CN1c1cc(=O)n(C)c2ccc(C#N)nc12. The number of piperazine rings is 1. The van der Waals surface area contributed by atoms with Crippen LogP contribution >= 0.6 is 0 Å². The molecule has 8 nitrogen and oxygen atoms in total. The smallest absolute Gasteiger partial charge is 0.252 e. The molecule has 4 heterocycles. The Bertz CT molecular complexity index is 1630. The molecule has 4 aromatic rings. The highest BCUT2D eigenvalue weighted by Gasteiger charge is 2.40. The third-order valence-corrected chi connectivity index (χ3v) is 8.50. The second kappa shape index (κ2) is 10.5. The second-order valence-corrected chi connectivity index (χ2v) is 11.0. The molecule has 40 heavy (non-hydrogen) atoms. The molecule has 3 atom stereocenters. The van der Waals surface area contributed by atoms with Gasteiger partial charge in [-0.15, -0.1) is 0 Å². The number of rotatable bonds is 7. The van der Waals surface area contributed by atoms with Crippen molar-refractivity contribution < 1.29 is 8.91 Å². The summed E-state index contributed by atoms with van der Waals surface area (Å²) in [5.41, 5.74) is 4.14. The van der Waals surface area contributed by atoms with Crippen molar-refractivity contribution in [1.82, 2.24) is 19.6 Å². The summed E-state index contributed by atoms with van der Waals surface area (Å²) < 4.78 is 21.3. The molecule has 2 fully saturated rings. The molecule has 0 amide bonds. The first-order valence-electron chi connectivity index (χ1n) is 14.1. The van der Waals surface area contributed by atoms with Gasteiger partial charge in [-0.05, 0) is 55.5 Å². The van der Waals surface area contributed by atoms with E-state index < -0.39 is 0 Å². The zero-order valence-corrected chi connectivity index (χ0v) is 23.0. The van der Waals surface area contributed by atoms with E-state index in [1.165, 1.54) is 12.1 Å². The largest absolute Gasteiger partial charge is 0.364 e. The van der Waals surface area contributed by atoms with Crippen LogP contribution in [0, 0.1) is 17.1 Å². The van der Waals surface area contributed by atoms with Crippen LogP contribution in [0.2, 0.25) is 0 Å². The highest BCUT2D eigenvalue weighted by Crippen LogP contribution is 2.43. The first-order valence-corrected chi connectivity index (χ1v) is 14.1. The lowest BCUT2D eigenvalue weighted by Gasteiger charge is -2.49. The molecule has 3 aromatic heterocycles. The number of hydrogen-bond acceptors (Lipinski definition) is 7. The van der Waals surface area contributed by atoms with Gasteiger partial charge < -0.3 is 14.0 Å². The quantitative estimate of drug-likeness (QED) is 0.315. The van der Waals surface area contributed by atoms with Crippen LogP contribution in [0.4, 0.5) is 10.1 Å². The van der Waals surface area contributed by atoms with Crippen LogP contribution in [0.1, 0.15) is 74.2 Å². The minimum absolute atomic E-state index is 0.0726. The van der Waals surface area contributed by atoms with Gasteiger partial charge in [0.15, 0.2) is 0 Å². The average Bonchev–Trinajstić information content (AvgIpc) is 3.72. The van der Waals surface area contributed by atoms with Crippen LogP contribution in [-0.2, 0) is 7.05 Å². The molecule has 2 aliphatic rings. The fourth-order valence-corrected chi connectivity index (χ4v) is 6.06. The molecule has 1 aromatic carbocycles. The van der Waals surface area contributed by atoms with E-state index in [0.29, 0.717) is 35.7 Å². The molecule has 0 spiro atoms. The summed E-state index contributed by atoms with van der Waals surface area (Å²) >= 11 is 0. The number of halogens is 1. The van der Waals surface area contributed by atoms with E-state index in [1.807, 2.05) is 12.1 Å². The molecule has 1 unspecified atom stereocenters. The van der Waals surface area contributed by atoms with Crippen molar-refractivity contribution in [3.63, 3.8) is 0 Å². The fourth-order valence-electron chi connectivity index (χ4n) is 6.06. The van der Waals surface area contributed by atoms with Crippen molar-refractivity contribution >= 4 is 16.7 Å². The summed E-state index contributed by atoms with van der Waals surface area (Å²) in [7, 11) is 1.73. The van der Waals surface area contributed by atoms with Crippen molar-refractivity contribution in [3.8, 4) is 6.07 Å². The van der Waals surface area contributed by atoms with Gasteiger partial charge in [0.05, 0.1) is 17.2 Å². The van der Waals surface area contributed by atoms with Gasteiger partial charge in [-0.3, -0.25) is 9.69 Å². The van der Waals surface area contributed by atoms with E-state index in [2.05, 4.69) is 45.9 Å². The maximum Gasteiger partial charge on any atom is 0.252 e. The lowest BCUT2D eigenvalue weighted by molar-refractivity contribution is 0.107. The molecule has 0 N–H and O–H groups in total. The van der Waals surface area contributed by atoms with Crippen LogP contribution < -0.4 is 10.5 Å². The van der Waals surface area contributed by atoms with Crippen LogP contribution in [0.3, 0.4) is 0 Å². The summed E-state index contributed by atoms with van der Waals surface area (Å²) in [5, 5.41) is 14.1. The number of aromatic nitrogens is 3. The van der Waals surface area contributed by atoms with E-state index >= 15 is 0 Å². The zero-order chi connectivity index (χ0) is 28.0. The molecule has 1 aliphatic carbocycles. The normalized spacial score (nSPS) is 20.5. The number of anilines is 1. The number of benzene rings is 1. The lowest BCUT2D eigenvalue weighted by Crippen LogP contribution is -2.59. The number of fused-ring (bicyclic) bond motifs is 1. The van der Waals surface area contributed by atoms with Gasteiger partial charge in [0.2, 0.25) is 0 Å². The Hall–Kier alpha value is -4.03. The Labute approximate surface area is 232 Å². The number of pyridine rings is 2. The topological polar surface area (TPSA) is 91.2 Å². The fraction of sp³-hybridized carbons (Fsp3) is 0.419. The number of aryl methyl sites for hydroxylation is 1. The predicted molar refractivity (Wildman–Crippen MR) is 151 cm³/mol. The number of nitriles is 1. The van der Waals surface area contributed by atoms with Gasteiger partial charge in [0.1, 0.15) is 34.6 Å². The van der Waals surface area contributed by atoms with Gasteiger partial charge in [0, 0.05) is 50.3 Å². The first kappa shape index (κ1) is 26.2. The second-order valence-electron chi connectivity index (χ2n) is 11.0. The maximum atomic E-state index is 13.9. The minimum atomic E-state index is -0.272. The Morgan fingerprint density at radius 2 is 1.82 bits per heavy atom. The molecule has 9 heteroatoms. The van der Waals surface area contributed by atoms with Gasteiger partial charge in [-0.1, -0.05) is 31.1 Å². The molecule has 206 valence electrons. The van der Waals surface area contributed by atoms with Crippen molar-refractivity contribution in [2.45, 2.75) is 63.6 Å². The Balaban J connectivity index is 1.43. The lowest BCUT2D eigenvalue weighted by atomic mass is 9.93. The Morgan fingerprint density at radius 1 is 1.07 bits per heavy atom. The maximum absolute atomic E-state index is 13.9. The average molecular weight is 541 g/mol. The van der Waals surface area contributed by atoms with E-state index in [4.69, 9.17) is 4.52 Å². The van der Waals surface area contributed by atoms with Crippen molar-refractivity contribution in [1.29, 1.82) is 5.26 Å². The van der Waals surface area contributed by atoms with E-state index in [9.17, 15) is 14.4 Å². The third kappa shape index (κ3) is 4.66. The van der Waals surface area contributed by atoms with E-state index in [1.54, 1.807) is 29.8 Å². The molecule has 0 bridgehead atoms. The summed E-state index contributed by atoms with van der Waals surface area (Å²) in [6.45, 7) is 5.68. The standard InChI is InChI=1S/C31H33FN6O2/c1-4-23-18-38(31(20-8-10-21(32)11-9-20)25-14-28(40-35-25)19-6-7-19)24(5-2)17-37(23)27-15-29(39)36(3)26-13-12-22(16-33)34-30(26)27/h8-15,19,23-24,31H,4-7,17-18H2,1-3H3/t23-,24+,31?/m0/s1. The summed E-state index contributed by atoms with van der Waals surface area (Å²) in [6, 6.07) is 16.0. The van der Waals surface area contributed by atoms with E-state index in [-0.39, 0.29) is 29.5 Å². The molecular formula is C31H33FN6O2. The van der Waals surface area contributed by atoms with Crippen molar-refractivity contribution in [2.75, 3.05) is 18.0 Å². The zero-order valence-electron chi connectivity index (χ0n) is 23.0. The monoisotopic (exact) mass is 540 g/mol. The molecule has 1 saturated carbocycles. The molecular weight excluding hydrogens is 507 g/mol. The van der Waals surface area contributed by atoms with Crippen LogP contribution in [-0.4, -0.2) is 44.8 Å². The summed E-state index contributed by atoms with van der Waals surface area (Å²) in [6.07, 6.45) is 3.94. The minimum Gasteiger partial charge on any atom is -0.364 e. The molecule has 6 rings (SSSR count). The van der Waals surface area contributed by atoms with Gasteiger partial charge in [-0.25, -0.2) is 9.37 Å². The summed E-state index contributed by atoms with van der Waals surface area (Å²) in [5.74, 6) is 1.09. The number of hydrogen-bond donors (Lipinski definition) is 0. The van der Waals surface area contributed by atoms with Crippen molar-refractivity contribution in [2.24, 2.45) is 7.05 Å². The van der Waals surface area contributed by atoms with Crippen LogP contribution in [0.5, 0.6) is 0 Å². The molecule has 1 saturated heterocycles. The van der Waals surface area contributed by atoms with Gasteiger partial charge >= 0.3 is 0 Å². The van der Waals surface area contributed by atoms with Gasteiger partial charge in [-0.2, -0.15) is 5.26 Å². The Morgan fingerprint density at radius 3 is 2.50 bits per heavy atom. The summed E-state index contributed by atoms with van der Waals surface area (Å²) in [4.78, 5) is 22.4. The van der Waals surface area contributed by atoms with Crippen molar-refractivity contribution in [3.05, 3.63) is 87.4 Å². The first-order chi connectivity index (χ1) is 19.4.